The summed E-state index contributed by atoms with van der Waals surface area (Å²) in [7, 11) is 7.53. The molecule has 0 aromatic heterocycles. The van der Waals surface area contributed by atoms with Crippen molar-refractivity contribution in [3.63, 3.8) is 0 Å². The zero-order chi connectivity index (χ0) is 18.0. The molecular formula is C16H29N3O3S. The van der Waals surface area contributed by atoms with Crippen molar-refractivity contribution < 1.29 is 14.3 Å². The first-order chi connectivity index (χ1) is 10.6. The van der Waals surface area contributed by atoms with E-state index in [1.807, 2.05) is 44.8 Å². The molecule has 0 aliphatic carbocycles. The monoisotopic (exact) mass is 343 g/mol. The minimum absolute atomic E-state index is 0.152. The van der Waals surface area contributed by atoms with Gasteiger partial charge in [-0.3, -0.25) is 9.69 Å². The Kier molecular flexibility index (Phi) is 9.96. The minimum atomic E-state index is -0.464. The molecule has 0 aromatic carbocycles. The molecule has 0 rings (SSSR count). The van der Waals surface area contributed by atoms with Crippen LogP contribution < -0.4 is 0 Å². The van der Waals surface area contributed by atoms with Crippen molar-refractivity contribution in [2.45, 2.75) is 19.4 Å². The summed E-state index contributed by atoms with van der Waals surface area (Å²) in [5.41, 5.74) is -0.464. The largest absolute Gasteiger partial charge is 0.448 e. The number of carbonyl (C=O) groups excluding carboxylic acids is 2. The molecule has 0 radical (unpaired) electrons. The van der Waals surface area contributed by atoms with Crippen LogP contribution in [-0.4, -0.2) is 92.1 Å². The normalized spacial score (nSPS) is 11.2. The Morgan fingerprint density at radius 2 is 1.70 bits per heavy atom. The number of carbonyl (C=O) groups is 2. The lowest BCUT2D eigenvalue weighted by atomic mass is 10.0. The van der Waals surface area contributed by atoms with E-state index >= 15 is 0 Å². The number of nitrogens with zero attached hydrogens (tertiary/aromatic N) is 3. The van der Waals surface area contributed by atoms with E-state index in [-0.39, 0.29) is 17.8 Å². The summed E-state index contributed by atoms with van der Waals surface area (Å²) in [5, 5.41) is -0.152. The maximum atomic E-state index is 11.8. The number of amides is 1. The SMILES string of the molecule is CSC(=O)C#CC(C)(C)N(C)CCOC(=O)N(C)CCN(C)C. The van der Waals surface area contributed by atoms with Crippen LogP contribution in [0.25, 0.3) is 0 Å². The summed E-state index contributed by atoms with van der Waals surface area (Å²) in [4.78, 5) is 28.6. The first kappa shape index (κ1) is 21.8. The van der Waals surface area contributed by atoms with E-state index in [4.69, 9.17) is 4.74 Å². The Morgan fingerprint density at radius 1 is 1.09 bits per heavy atom. The highest BCUT2D eigenvalue weighted by Gasteiger charge is 2.21. The van der Waals surface area contributed by atoms with Gasteiger partial charge in [-0.1, -0.05) is 17.7 Å². The van der Waals surface area contributed by atoms with Crippen molar-refractivity contribution >= 4 is 23.0 Å². The molecule has 7 heteroatoms. The topological polar surface area (TPSA) is 53.1 Å². The number of hydrogen-bond donors (Lipinski definition) is 0. The van der Waals surface area contributed by atoms with Crippen LogP contribution in [0.5, 0.6) is 0 Å². The Labute approximate surface area is 144 Å². The molecule has 0 unspecified atom stereocenters. The van der Waals surface area contributed by atoms with Crippen molar-refractivity contribution in [2.75, 3.05) is 60.7 Å². The van der Waals surface area contributed by atoms with Gasteiger partial charge in [0.1, 0.15) is 6.61 Å². The molecule has 0 atom stereocenters. The van der Waals surface area contributed by atoms with E-state index in [9.17, 15) is 9.59 Å². The molecule has 0 heterocycles. The molecule has 23 heavy (non-hydrogen) atoms. The van der Waals surface area contributed by atoms with Crippen LogP contribution in [0.3, 0.4) is 0 Å². The van der Waals surface area contributed by atoms with Gasteiger partial charge >= 0.3 is 6.09 Å². The van der Waals surface area contributed by atoms with Crippen molar-refractivity contribution in [1.29, 1.82) is 0 Å². The van der Waals surface area contributed by atoms with Crippen LogP contribution in [0, 0.1) is 11.8 Å². The predicted octanol–water partition coefficient (Wildman–Crippen LogP) is 1.22. The first-order valence-electron chi connectivity index (χ1n) is 7.45. The van der Waals surface area contributed by atoms with E-state index in [0.717, 1.165) is 18.3 Å². The molecule has 0 fully saturated rings. The third kappa shape index (κ3) is 9.49. The third-order valence-corrected chi connectivity index (χ3v) is 3.93. The molecule has 0 spiro atoms. The van der Waals surface area contributed by atoms with Gasteiger partial charge in [0.2, 0.25) is 0 Å². The molecule has 0 aliphatic heterocycles. The van der Waals surface area contributed by atoms with Crippen molar-refractivity contribution in [1.82, 2.24) is 14.7 Å². The second-order valence-corrected chi connectivity index (χ2v) is 6.84. The lowest BCUT2D eigenvalue weighted by Gasteiger charge is -2.30. The van der Waals surface area contributed by atoms with Crippen molar-refractivity contribution in [3.8, 4) is 11.8 Å². The second kappa shape index (κ2) is 10.5. The highest BCUT2D eigenvalue weighted by molar-refractivity contribution is 8.13. The summed E-state index contributed by atoms with van der Waals surface area (Å²) in [6.45, 7) is 6.09. The van der Waals surface area contributed by atoms with Gasteiger partial charge in [0, 0.05) is 26.7 Å². The molecule has 0 aromatic rings. The van der Waals surface area contributed by atoms with Crippen LogP contribution in [0.1, 0.15) is 13.8 Å². The van der Waals surface area contributed by atoms with Crippen LogP contribution in [-0.2, 0) is 9.53 Å². The lowest BCUT2D eigenvalue weighted by molar-refractivity contribution is -0.106. The fourth-order valence-corrected chi connectivity index (χ4v) is 1.60. The quantitative estimate of drug-likeness (QED) is 0.648. The van der Waals surface area contributed by atoms with Crippen LogP contribution in [0.15, 0.2) is 0 Å². The fourth-order valence-electron chi connectivity index (χ4n) is 1.45. The highest BCUT2D eigenvalue weighted by atomic mass is 32.2. The third-order valence-electron chi connectivity index (χ3n) is 3.46. The van der Waals surface area contributed by atoms with Gasteiger partial charge in [0.15, 0.2) is 0 Å². The average Bonchev–Trinajstić information content (AvgIpc) is 2.49. The van der Waals surface area contributed by atoms with Gasteiger partial charge in [-0.2, -0.15) is 0 Å². The van der Waals surface area contributed by atoms with E-state index in [0.29, 0.717) is 13.1 Å². The Bertz CT molecular complexity index is 455. The smallest absolute Gasteiger partial charge is 0.409 e. The van der Waals surface area contributed by atoms with E-state index in [1.54, 1.807) is 18.2 Å². The van der Waals surface area contributed by atoms with Gasteiger partial charge < -0.3 is 14.5 Å². The summed E-state index contributed by atoms with van der Waals surface area (Å²) in [5.74, 6) is 5.56. The Morgan fingerprint density at radius 3 is 2.22 bits per heavy atom. The van der Waals surface area contributed by atoms with Crippen molar-refractivity contribution in [3.05, 3.63) is 0 Å². The molecule has 0 aliphatic rings. The number of thioether (sulfide) groups is 1. The Balaban J connectivity index is 4.27. The van der Waals surface area contributed by atoms with Gasteiger partial charge in [-0.25, -0.2) is 4.79 Å². The van der Waals surface area contributed by atoms with Crippen molar-refractivity contribution in [2.24, 2.45) is 0 Å². The number of hydrogen-bond acceptors (Lipinski definition) is 6. The van der Waals surface area contributed by atoms with Crippen LogP contribution in [0.4, 0.5) is 4.79 Å². The zero-order valence-electron chi connectivity index (χ0n) is 15.3. The second-order valence-electron chi connectivity index (χ2n) is 6.06. The Hall–Kier alpha value is -1.23. The van der Waals surface area contributed by atoms with E-state index in [1.165, 1.54) is 0 Å². The predicted molar refractivity (Wildman–Crippen MR) is 95.5 cm³/mol. The molecule has 0 saturated heterocycles. The minimum Gasteiger partial charge on any atom is -0.448 e. The summed E-state index contributed by atoms with van der Waals surface area (Å²) < 4.78 is 5.26. The molecule has 0 saturated carbocycles. The van der Waals surface area contributed by atoms with E-state index < -0.39 is 5.54 Å². The summed E-state index contributed by atoms with van der Waals surface area (Å²) in [6, 6.07) is 0. The number of rotatable bonds is 7. The maximum Gasteiger partial charge on any atom is 0.409 e. The molecule has 132 valence electrons. The van der Waals surface area contributed by atoms with Crippen LogP contribution in [0.2, 0.25) is 0 Å². The standard InChI is InChI=1S/C16H29N3O3S/c1-16(2,9-8-14(20)23-7)19(6)12-13-22-15(21)18(5)11-10-17(3)4/h10-13H2,1-7H3. The highest BCUT2D eigenvalue weighted by Crippen LogP contribution is 2.10. The van der Waals surface area contributed by atoms with E-state index in [2.05, 4.69) is 11.8 Å². The first-order valence-corrected chi connectivity index (χ1v) is 8.67. The van der Waals surface area contributed by atoms with Crippen LogP contribution >= 0.6 is 11.8 Å². The zero-order valence-corrected chi connectivity index (χ0v) is 16.1. The average molecular weight is 343 g/mol. The number of ether oxygens (including phenoxy) is 1. The van der Waals surface area contributed by atoms with Gasteiger partial charge in [0.05, 0.1) is 5.54 Å². The van der Waals surface area contributed by atoms with Gasteiger partial charge in [-0.15, -0.1) is 0 Å². The molecule has 0 N–H and O–H groups in total. The fraction of sp³-hybridized carbons (Fsp3) is 0.750. The molecular weight excluding hydrogens is 314 g/mol. The van der Waals surface area contributed by atoms with Gasteiger partial charge in [0.25, 0.3) is 5.12 Å². The lowest BCUT2D eigenvalue weighted by Crippen LogP contribution is -2.42. The molecule has 1 amide bonds. The maximum absolute atomic E-state index is 11.8. The molecule has 6 nitrogen and oxygen atoms in total. The van der Waals surface area contributed by atoms with Gasteiger partial charge in [-0.05, 0) is 47.2 Å². The number of likely N-dealkylation sites (N-methyl/N-ethyl adjacent to an activating group) is 3. The molecule has 0 bridgehead atoms. The summed E-state index contributed by atoms with van der Waals surface area (Å²) in [6.07, 6.45) is 1.38. The summed E-state index contributed by atoms with van der Waals surface area (Å²) >= 11 is 1.10.